The van der Waals surface area contributed by atoms with Crippen LogP contribution in [0.4, 0.5) is 5.88 Å². The molecule has 0 radical (unpaired) electrons. The molecular formula is C6H9N3O3. The van der Waals surface area contributed by atoms with Crippen molar-refractivity contribution in [3.05, 3.63) is 18.4 Å². The fourth-order valence-corrected chi connectivity index (χ4v) is 0.291. The van der Waals surface area contributed by atoms with E-state index in [2.05, 4.69) is 15.9 Å². The maximum atomic E-state index is 9.45. The van der Waals surface area contributed by atoms with E-state index >= 15 is 0 Å². The first-order valence-corrected chi connectivity index (χ1v) is 2.92. The van der Waals surface area contributed by atoms with Gasteiger partial charge in [0.1, 0.15) is 0 Å². The van der Waals surface area contributed by atoms with Gasteiger partial charge in [0.2, 0.25) is 0 Å². The first-order valence-electron chi connectivity index (χ1n) is 2.92. The maximum absolute atomic E-state index is 9.45. The van der Waals surface area contributed by atoms with Crippen LogP contribution in [0.1, 0.15) is 0 Å². The largest absolute Gasteiger partial charge is 0.449 e. The van der Waals surface area contributed by atoms with Crippen molar-refractivity contribution in [2.24, 2.45) is 11.5 Å². The van der Waals surface area contributed by atoms with Gasteiger partial charge in [-0.2, -0.15) is 0 Å². The lowest BCUT2D eigenvalue weighted by Crippen LogP contribution is -2.29. The molecule has 0 saturated carbocycles. The Hall–Kier alpha value is -1.98. The maximum Gasteiger partial charge on any atom is 0.306 e. The number of hydrogen-bond acceptors (Lipinski definition) is 4. The predicted octanol–water partition coefficient (Wildman–Crippen LogP) is -1.18. The standard InChI is InChI=1S/C4H5NO.C2H4N2O2/c5-4-2-1-3-6-4;3-1(5)2(4)6/h1-3H,5H2;(H2,3,5)(H2,4,6). The Morgan fingerprint density at radius 3 is 1.83 bits per heavy atom. The molecule has 12 heavy (non-hydrogen) atoms. The number of carbonyl (C=O) groups is 2. The summed E-state index contributed by atoms with van der Waals surface area (Å²) in [5, 5.41) is 0. The second-order valence-corrected chi connectivity index (χ2v) is 1.74. The van der Waals surface area contributed by atoms with E-state index < -0.39 is 11.8 Å². The van der Waals surface area contributed by atoms with Crippen molar-refractivity contribution in [2.45, 2.75) is 0 Å². The van der Waals surface area contributed by atoms with E-state index in [1.165, 1.54) is 6.26 Å². The number of carbonyl (C=O) groups excluding carboxylic acids is 2. The zero-order valence-corrected chi connectivity index (χ0v) is 6.19. The lowest BCUT2D eigenvalue weighted by molar-refractivity contribution is -0.135. The van der Waals surface area contributed by atoms with E-state index in [1.807, 2.05) is 0 Å². The molecule has 1 rings (SSSR count). The summed E-state index contributed by atoms with van der Waals surface area (Å²) in [7, 11) is 0. The van der Waals surface area contributed by atoms with Gasteiger partial charge in [0.15, 0.2) is 5.88 Å². The van der Waals surface area contributed by atoms with Gasteiger partial charge in [-0.3, -0.25) is 9.59 Å². The molecule has 1 aromatic rings. The van der Waals surface area contributed by atoms with Crippen molar-refractivity contribution in [3.8, 4) is 0 Å². The second kappa shape index (κ2) is 4.78. The molecule has 0 atom stereocenters. The Morgan fingerprint density at radius 1 is 1.25 bits per heavy atom. The van der Waals surface area contributed by atoms with Crippen LogP contribution in [0.3, 0.4) is 0 Å². The Kier molecular flexibility index (Phi) is 3.99. The smallest absolute Gasteiger partial charge is 0.306 e. The average Bonchev–Trinajstić information content (AvgIpc) is 2.40. The molecule has 0 aliphatic carbocycles. The molecule has 0 fully saturated rings. The van der Waals surface area contributed by atoms with Gasteiger partial charge in [-0.05, 0) is 6.07 Å². The fraction of sp³-hybridized carbons (Fsp3) is 0. The molecule has 66 valence electrons. The molecule has 0 bridgehead atoms. The first-order chi connectivity index (χ1) is 5.54. The summed E-state index contributed by atoms with van der Waals surface area (Å²) in [6, 6.07) is 3.44. The van der Waals surface area contributed by atoms with Crippen molar-refractivity contribution < 1.29 is 14.0 Å². The number of nitrogens with two attached hydrogens (primary N) is 3. The van der Waals surface area contributed by atoms with Crippen LogP contribution < -0.4 is 17.2 Å². The fourth-order valence-electron chi connectivity index (χ4n) is 0.291. The first kappa shape index (κ1) is 10.0. The van der Waals surface area contributed by atoms with Gasteiger partial charge < -0.3 is 21.6 Å². The molecule has 1 aromatic heterocycles. The topological polar surface area (TPSA) is 125 Å². The Labute approximate surface area is 68.3 Å². The van der Waals surface area contributed by atoms with Gasteiger partial charge in [-0.15, -0.1) is 0 Å². The number of rotatable bonds is 0. The third-order valence-corrected chi connectivity index (χ3v) is 0.786. The van der Waals surface area contributed by atoms with Crippen molar-refractivity contribution in [3.63, 3.8) is 0 Å². The Balaban J connectivity index is 0.000000202. The molecule has 6 nitrogen and oxygen atoms in total. The molecule has 0 unspecified atom stereocenters. The van der Waals surface area contributed by atoms with Crippen LogP contribution in [0.5, 0.6) is 0 Å². The summed E-state index contributed by atoms with van der Waals surface area (Å²) in [5.41, 5.74) is 13.8. The van der Waals surface area contributed by atoms with Crippen molar-refractivity contribution in [1.29, 1.82) is 0 Å². The number of nitrogen functional groups attached to an aromatic ring is 1. The van der Waals surface area contributed by atoms with Crippen LogP contribution in [0.2, 0.25) is 0 Å². The van der Waals surface area contributed by atoms with Gasteiger partial charge in [0.05, 0.1) is 6.26 Å². The van der Waals surface area contributed by atoms with E-state index in [0.29, 0.717) is 5.88 Å². The number of furan rings is 1. The van der Waals surface area contributed by atoms with E-state index in [0.717, 1.165) is 0 Å². The Morgan fingerprint density at radius 2 is 1.75 bits per heavy atom. The lowest BCUT2D eigenvalue weighted by atomic mass is 10.6. The highest BCUT2D eigenvalue weighted by molar-refractivity contribution is 6.33. The summed E-state index contributed by atoms with van der Waals surface area (Å²) in [4.78, 5) is 18.9. The summed E-state index contributed by atoms with van der Waals surface area (Å²) < 4.78 is 4.61. The lowest BCUT2D eigenvalue weighted by Gasteiger charge is -1.75. The molecule has 0 aliphatic heterocycles. The molecule has 1 heterocycles. The van der Waals surface area contributed by atoms with Gasteiger partial charge in [0, 0.05) is 6.07 Å². The van der Waals surface area contributed by atoms with Crippen molar-refractivity contribution >= 4 is 17.7 Å². The summed E-state index contributed by atoms with van der Waals surface area (Å²) >= 11 is 0. The third kappa shape index (κ3) is 4.86. The summed E-state index contributed by atoms with van der Waals surface area (Å²) in [5.74, 6) is -1.74. The van der Waals surface area contributed by atoms with Crippen LogP contribution >= 0.6 is 0 Å². The van der Waals surface area contributed by atoms with E-state index in [1.54, 1.807) is 12.1 Å². The minimum absolute atomic E-state index is 0.468. The zero-order valence-electron chi connectivity index (χ0n) is 6.19. The number of amides is 2. The summed E-state index contributed by atoms with van der Waals surface area (Å²) in [6.07, 6.45) is 1.54. The van der Waals surface area contributed by atoms with Gasteiger partial charge in [0.25, 0.3) is 0 Å². The quantitative estimate of drug-likeness (QED) is 0.424. The van der Waals surface area contributed by atoms with Crippen LogP contribution in [0.15, 0.2) is 22.8 Å². The minimum Gasteiger partial charge on any atom is -0.449 e. The van der Waals surface area contributed by atoms with E-state index in [9.17, 15) is 9.59 Å². The van der Waals surface area contributed by atoms with E-state index in [4.69, 9.17) is 5.73 Å². The van der Waals surface area contributed by atoms with Crippen molar-refractivity contribution in [2.75, 3.05) is 5.73 Å². The monoisotopic (exact) mass is 171 g/mol. The molecule has 2 amide bonds. The highest BCUT2D eigenvalue weighted by Gasteiger charge is 1.96. The van der Waals surface area contributed by atoms with Crippen LogP contribution in [-0.2, 0) is 9.59 Å². The van der Waals surface area contributed by atoms with Crippen molar-refractivity contribution in [1.82, 2.24) is 0 Å². The van der Waals surface area contributed by atoms with Crippen LogP contribution in [0, 0.1) is 0 Å². The predicted molar refractivity (Wildman–Crippen MR) is 41.5 cm³/mol. The average molecular weight is 171 g/mol. The Bertz CT molecular complexity index is 243. The highest BCUT2D eigenvalue weighted by atomic mass is 16.3. The van der Waals surface area contributed by atoms with Gasteiger partial charge >= 0.3 is 11.8 Å². The van der Waals surface area contributed by atoms with Crippen LogP contribution in [-0.4, -0.2) is 11.8 Å². The molecule has 0 saturated heterocycles. The van der Waals surface area contributed by atoms with Gasteiger partial charge in [-0.25, -0.2) is 0 Å². The number of anilines is 1. The zero-order chi connectivity index (χ0) is 9.56. The molecule has 0 spiro atoms. The molecule has 0 aliphatic rings. The summed E-state index contributed by atoms with van der Waals surface area (Å²) in [6.45, 7) is 0. The molecular weight excluding hydrogens is 162 g/mol. The molecule has 6 heteroatoms. The second-order valence-electron chi connectivity index (χ2n) is 1.74. The SMILES string of the molecule is NC(=O)C(N)=O.Nc1ccco1. The molecule has 6 N–H and O–H groups in total. The van der Waals surface area contributed by atoms with Gasteiger partial charge in [-0.1, -0.05) is 0 Å². The number of hydrogen-bond donors (Lipinski definition) is 3. The minimum atomic E-state index is -1.10. The van der Waals surface area contributed by atoms with E-state index in [-0.39, 0.29) is 0 Å². The molecule has 0 aromatic carbocycles. The highest BCUT2D eigenvalue weighted by Crippen LogP contribution is 1.97. The third-order valence-electron chi connectivity index (χ3n) is 0.786. The normalized spacial score (nSPS) is 8.00. The number of primary amides is 2. The van der Waals surface area contributed by atoms with Crippen LogP contribution in [0.25, 0.3) is 0 Å².